The zero-order chi connectivity index (χ0) is 19.2. The molecule has 2 aliphatic rings. The molecule has 0 radical (unpaired) electrons. The third kappa shape index (κ3) is 4.77. The molecule has 0 aromatic heterocycles. The molecule has 0 bridgehead atoms. The highest BCUT2D eigenvalue weighted by Crippen LogP contribution is 2.23. The van der Waals surface area contributed by atoms with Gasteiger partial charge >= 0.3 is 0 Å². The molecule has 27 heavy (non-hydrogen) atoms. The molecule has 144 valence electrons. The van der Waals surface area contributed by atoms with Crippen LogP contribution in [0.1, 0.15) is 5.56 Å². The first-order chi connectivity index (χ1) is 13.1. The lowest BCUT2D eigenvalue weighted by Crippen LogP contribution is -2.51. The maximum Gasteiger partial charge on any atom is 0.272 e. The summed E-state index contributed by atoms with van der Waals surface area (Å²) in [6, 6.07) is 6.02. The molecule has 0 spiro atoms. The van der Waals surface area contributed by atoms with Crippen molar-refractivity contribution in [1.82, 2.24) is 20.5 Å². The molecule has 1 unspecified atom stereocenters. The van der Waals surface area contributed by atoms with E-state index in [9.17, 15) is 14.0 Å². The van der Waals surface area contributed by atoms with Gasteiger partial charge in [-0.25, -0.2) is 4.39 Å². The van der Waals surface area contributed by atoms with E-state index in [-0.39, 0.29) is 23.4 Å². The van der Waals surface area contributed by atoms with Gasteiger partial charge < -0.3 is 15.0 Å². The van der Waals surface area contributed by atoms with Crippen LogP contribution in [0.4, 0.5) is 4.39 Å². The van der Waals surface area contributed by atoms with Gasteiger partial charge in [0, 0.05) is 26.1 Å². The molecule has 0 aliphatic carbocycles. The van der Waals surface area contributed by atoms with Gasteiger partial charge in [-0.2, -0.15) is 5.10 Å². The standard InChI is InChI=1S/C17H20FN5O3S/c1-26-9-6-19-14(24)11-27-17-21-20-15-16(25)22(7-8-23(15)17)10-12-2-4-13(18)5-3-12/h2-5,7-8,15,20H,6,9-11H2,1H3,(H,19,24). The summed E-state index contributed by atoms with van der Waals surface area (Å²) in [5, 5.41) is 7.43. The normalized spacial score (nSPS) is 18.2. The quantitative estimate of drug-likeness (QED) is 0.661. The summed E-state index contributed by atoms with van der Waals surface area (Å²) in [7, 11) is 1.57. The Hall–Kier alpha value is -2.59. The van der Waals surface area contributed by atoms with Gasteiger partial charge in [-0.15, -0.1) is 0 Å². The zero-order valence-corrected chi connectivity index (χ0v) is 15.5. The highest BCUT2D eigenvalue weighted by Gasteiger charge is 2.37. The second kappa shape index (κ2) is 8.87. The van der Waals surface area contributed by atoms with E-state index in [4.69, 9.17) is 4.74 Å². The molecule has 0 saturated heterocycles. The van der Waals surface area contributed by atoms with Crippen molar-refractivity contribution in [1.29, 1.82) is 0 Å². The first-order valence-corrected chi connectivity index (χ1v) is 9.30. The molecule has 1 aromatic carbocycles. The number of hydrogen-bond donors (Lipinski definition) is 2. The van der Waals surface area contributed by atoms with Crippen LogP contribution in [0, 0.1) is 5.82 Å². The van der Waals surface area contributed by atoms with Crippen molar-refractivity contribution in [3.05, 3.63) is 48.0 Å². The molecule has 0 fully saturated rings. The topological polar surface area (TPSA) is 86.3 Å². The molecular weight excluding hydrogens is 373 g/mol. The Balaban J connectivity index is 1.54. The van der Waals surface area contributed by atoms with E-state index in [0.717, 1.165) is 5.56 Å². The number of amides is 2. The second-order valence-corrected chi connectivity index (χ2v) is 6.80. The summed E-state index contributed by atoms with van der Waals surface area (Å²) in [6.45, 7) is 1.24. The largest absolute Gasteiger partial charge is 0.383 e. The van der Waals surface area contributed by atoms with Crippen LogP contribution in [0.2, 0.25) is 0 Å². The number of nitrogens with zero attached hydrogens (tertiary/aromatic N) is 3. The van der Waals surface area contributed by atoms with Crippen molar-refractivity contribution in [2.75, 3.05) is 26.0 Å². The van der Waals surface area contributed by atoms with E-state index in [0.29, 0.717) is 24.9 Å². The molecule has 1 atom stereocenters. The van der Waals surface area contributed by atoms with Crippen LogP contribution in [-0.2, 0) is 20.9 Å². The summed E-state index contributed by atoms with van der Waals surface area (Å²) >= 11 is 1.24. The number of hydrazone groups is 1. The predicted octanol–water partition coefficient (Wildman–Crippen LogP) is 0.637. The number of ether oxygens (including phenoxy) is 1. The first kappa shape index (κ1) is 19.2. The number of thioether (sulfide) groups is 1. The number of amidine groups is 1. The van der Waals surface area contributed by atoms with Crippen LogP contribution in [0.5, 0.6) is 0 Å². The molecule has 0 saturated carbocycles. The highest BCUT2D eigenvalue weighted by molar-refractivity contribution is 8.14. The number of carbonyl (C=O) groups is 2. The van der Waals surface area contributed by atoms with E-state index in [1.165, 1.54) is 23.9 Å². The summed E-state index contributed by atoms with van der Waals surface area (Å²) in [4.78, 5) is 27.7. The molecular formula is C17H20FN5O3S. The van der Waals surface area contributed by atoms with Gasteiger partial charge in [0.2, 0.25) is 12.1 Å². The summed E-state index contributed by atoms with van der Waals surface area (Å²) in [6.07, 6.45) is 2.75. The van der Waals surface area contributed by atoms with Gasteiger partial charge in [-0.05, 0) is 17.7 Å². The van der Waals surface area contributed by atoms with E-state index < -0.39 is 6.17 Å². The van der Waals surface area contributed by atoms with Crippen LogP contribution in [0.3, 0.4) is 0 Å². The summed E-state index contributed by atoms with van der Waals surface area (Å²) < 4.78 is 17.9. The number of methoxy groups -OCH3 is 1. The third-order valence-electron chi connectivity index (χ3n) is 3.93. The van der Waals surface area contributed by atoms with E-state index >= 15 is 0 Å². The van der Waals surface area contributed by atoms with Crippen LogP contribution in [0.15, 0.2) is 41.8 Å². The molecule has 10 heteroatoms. The monoisotopic (exact) mass is 393 g/mol. The molecule has 2 heterocycles. The smallest absolute Gasteiger partial charge is 0.272 e. The maximum atomic E-state index is 13.0. The lowest BCUT2D eigenvalue weighted by atomic mass is 10.2. The summed E-state index contributed by atoms with van der Waals surface area (Å²) in [5.41, 5.74) is 3.62. The number of halogens is 1. The lowest BCUT2D eigenvalue weighted by molar-refractivity contribution is -0.134. The van der Waals surface area contributed by atoms with Crippen LogP contribution in [-0.4, -0.2) is 59.0 Å². The van der Waals surface area contributed by atoms with Gasteiger partial charge in [-0.3, -0.25) is 19.9 Å². The second-order valence-electron chi connectivity index (χ2n) is 5.86. The van der Waals surface area contributed by atoms with Gasteiger partial charge in [0.25, 0.3) is 5.91 Å². The number of hydrogen-bond acceptors (Lipinski definition) is 7. The van der Waals surface area contributed by atoms with Crippen LogP contribution >= 0.6 is 11.8 Å². The minimum Gasteiger partial charge on any atom is -0.383 e. The van der Waals surface area contributed by atoms with E-state index in [1.54, 1.807) is 41.4 Å². The molecule has 1 aromatic rings. The molecule has 2 N–H and O–H groups in total. The average molecular weight is 393 g/mol. The van der Waals surface area contributed by atoms with Crippen LogP contribution < -0.4 is 10.7 Å². The highest BCUT2D eigenvalue weighted by atomic mass is 32.2. The Labute approximate surface area is 160 Å². The average Bonchev–Trinajstić information content (AvgIpc) is 3.08. The number of nitrogens with one attached hydrogen (secondary N) is 2. The minimum atomic E-state index is -0.644. The fourth-order valence-corrected chi connectivity index (χ4v) is 3.35. The molecule has 2 aliphatic heterocycles. The fourth-order valence-electron chi connectivity index (χ4n) is 2.55. The van der Waals surface area contributed by atoms with Gasteiger partial charge in [-0.1, -0.05) is 23.9 Å². The fraction of sp³-hybridized carbons (Fsp3) is 0.353. The minimum absolute atomic E-state index is 0.131. The zero-order valence-electron chi connectivity index (χ0n) is 14.7. The molecule has 2 amide bonds. The van der Waals surface area contributed by atoms with Crippen molar-refractivity contribution in [3.8, 4) is 0 Å². The maximum absolute atomic E-state index is 13.0. The number of benzene rings is 1. The van der Waals surface area contributed by atoms with Crippen LogP contribution in [0.25, 0.3) is 0 Å². The van der Waals surface area contributed by atoms with Gasteiger partial charge in [0.15, 0.2) is 5.17 Å². The van der Waals surface area contributed by atoms with Crippen molar-refractivity contribution in [3.63, 3.8) is 0 Å². The number of carbonyl (C=O) groups excluding carboxylic acids is 2. The molecule has 3 rings (SSSR count). The third-order valence-corrected chi connectivity index (χ3v) is 4.90. The Kier molecular flexibility index (Phi) is 6.30. The Morgan fingerprint density at radius 2 is 2.15 bits per heavy atom. The Morgan fingerprint density at radius 3 is 2.89 bits per heavy atom. The number of rotatable bonds is 7. The van der Waals surface area contributed by atoms with Crippen molar-refractivity contribution >= 4 is 28.7 Å². The van der Waals surface area contributed by atoms with Gasteiger partial charge in [0.05, 0.1) is 18.9 Å². The van der Waals surface area contributed by atoms with E-state index in [2.05, 4.69) is 15.8 Å². The van der Waals surface area contributed by atoms with Crippen molar-refractivity contribution in [2.24, 2.45) is 5.10 Å². The summed E-state index contributed by atoms with van der Waals surface area (Å²) in [5.74, 6) is -0.433. The Morgan fingerprint density at radius 1 is 1.37 bits per heavy atom. The van der Waals surface area contributed by atoms with Gasteiger partial charge in [0.1, 0.15) is 5.82 Å². The molecule has 8 nitrogen and oxygen atoms in total. The Bertz CT molecular complexity index is 755. The van der Waals surface area contributed by atoms with Crippen molar-refractivity contribution in [2.45, 2.75) is 12.7 Å². The van der Waals surface area contributed by atoms with Crippen molar-refractivity contribution < 1.29 is 18.7 Å². The van der Waals surface area contributed by atoms with E-state index in [1.807, 2.05) is 0 Å². The first-order valence-electron chi connectivity index (χ1n) is 8.31. The SMILES string of the molecule is COCCNC(=O)CSC1=NNC2C(=O)N(Cc3ccc(F)cc3)C=CN12. The number of fused-ring (bicyclic) bond motifs is 1. The lowest BCUT2D eigenvalue weighted by Gasteiger charge is -2.31. The predicted molar refractivity (Wildman–Crippen MR) is 99.6 cm³/mol.